The number of nitrogens with zero attached hydrogens (tertiary/aromatic N) is 3. The first-order valence-electron chi connectivity index (χ1n) is 8.11. The largest absolute Gasteiger partial charge is 0.468 e. The van der Waals surface area contributed by atoms with Crippen molar-refractivity contribution in [3.8, 4) is 5.69 Å². The molecule has 2 aromatic carbocycles. The first-order chi connectivity index (χ1) is 12.6. The van der Waals surface area contributed by atoms with Crippen LogP contribution in [-0.2, 0) is 9.53 Å². The van der Waals surface area contributed by atoms with E-state index in [1.54, 1.807) is 0 Å². The van der Waals surface area contributed by atoms with Gasteiger partial charge in [-0.05, 0) is 51.7 Å². The predicted octanol–water partition coefficient (Wildman–Crippen LogP) is 5.05. The summed E-state index contributed by atoms with van der Waals surface area (Å²) in [5.74, 6) is 0.299. The lowest BCUT2D eigenvalue weighted by Gasteiger charge is -2.14. The van der Waals surface area contributed by atoms with E-state index in [2.05, 4.69) is 72.4 Å². The fourth-order valence-corrected chi connectivity index (χ4v) is 5.02. The van der Waals surface area contributed by atoms with Crippen LogP contribution >= 0.6 is 43.6 Å². The fraction of sp³-hybridized carbons (Fsp3) is 0.278. The number of methoxy groups -OCH3 is 1. The summed E-state index contributed by atoms with van der Waals surface area (Å²) in [6.07, 6.45) is 2.51. The number of thioether (sulfide) groups is 1. The summed E-state index contributed by atoms with van der Waals surface area (Å²) in [6, 6.07) is 12.7. The first kappa shape index (κ1) is 18.0. The number of fused-ring (bicyclic) bond motifs is 1. The van der Waals surface area contributed by atoms with Crippen molar-refractivity contribution in [1.82, 2.24) is 14.8 Å². The van der Waals surface area contributed by atoms with Crippen LogP contribution in [0.1, 0.15) is 24.3 Å². The SMILES string of the molecule is COC(=O)C(Br)Sc1nnc(Br)n1-c1ccc(C2CC2)c2ccccc12. The second-order valence-corrected chi connectivity index (χ2v) is 9.34. The first-order valence-corrected chi connectivity index (χ1v) is 10.7. The molecular formula is C18H15Br2N3O2S. The zero-order chi connectivity index (χ0) is 18.3. The zero-order valence-electron chi connectivity index (χ0n) is 13.9. The third kappa shape index (κ3) is 3.30. The molecule has 3 aromatic rings. The Kier molecular flexibility index (Phi) is 5.07. The second-order valence-electron chi connectivity index (χ2n) is 6.04. The predicted molar refractivity (Wildman–Crippen MR) is 109 cm³/mol. The van der Waals surface area contributed by atoms with Crippen LogP contribution < -0.4 is 0 Å². The van der Waals surface area contributed by atoms with Crippen molar-refractivity contribution in [3.63, 3.8) is 0 Å². The minimum Gasteiger partial charge on any atom is -0.468 e. The molecule has 0 spiro atoms. The van der Waals surface area contributed by atoms with Crippen molar-refractivity contribution in [1.29, 1.82) is 0 Å². The third-order valence-electron chi connectivity index (χ3n) is 4.38. The van der Waals surface area contributed by atoms with Crippen molar-refractivity contribution in [3.05, 3.63) is 46.7 Å². The molecule has 1 saturated carbocycles. The standard InChI is InChI=1S/C18H15Br2N3O2S/c1-25-16(24)15(19)26-18-22-21-17(20)23(18)14-9-8-11(10-6-7-10)12-4-2-3-5-13(12)14/h2-5,8-10,15H,6-7H2,1H3. The van der Waals surface area contributed by atoms with Crippen molar-refractivity contribution in [2.45, 2.75) is 28.1 Å². The van der Waals surface area contributed by atoms with Crippen LogP contribution in [0.4, 0.5) is 0 Å². The van der Waals surface area contributed by atoms with Gasteiger partial charge in [-0.25, -0.2) is 4.79 Å². The maximum absolute atomic E-state index is 11.8. The summed E-state index contributed by atoms with van der Waals surface area (Å²) < 4.78 is 6.73. The summed E-state index contributed by atoms with van der Waals surface area (Å²) in [7, 11) is 1.36. The monoisotopic (exact) mass is 495 g/mol. The van der Waals surface area contributed by atoms with E-state index in [-0.39, 0.29) is 5.97 Å². The number of carbonyl (C=O) groups is 1. The minimum atomic E-state index is -0.556. The van der Waals surface area contributed by atoms with Crippen molar-refractivity contribution in [2.75, 3.05) is 7.11 Å². The summed E-state index contributed by atoms with van der Waals surface area (Å²) in [4.78, 5) is 11.8. The molecule has 0 radical (unpaired) electrons. The summed E-state index contributed by atoms with van der Waals surface area (Å²) >= 11 is 8.08. The number of halogens is 2. The van der Waals surface area contributed by atoms with E-state index in [1.165, 1.54) is 42.7 Å². The van der Waals surface area contributed by atoms with Crippen LogP contribution in [0.25, 0.3) is 16.5 Å². The normalized spacial score (nSPS) is 15.2. The maximum atomic E-state index is 11.8. The lowest BCUT2D eigenvalue weighted by atomic mass is 9.99. The number of hydrogen-bond acceptors (Lipinski definition) is 5. The van der Waals surface area contributed by atoms with Crippen LogP contribution in [0.2, 0.25) is 0 Å². The van der Waals surface area contributed by atoms with E-state index in [0.29, 0.717) is 15.8 Å². The van der Waals surface area contributed by atoms with Gasteiger partial charge in [0.05, 0.1) is 12.8 Å². The van der Waals surface area contributed by atoms with Gasteiger partial charge in [0.25, 0.3) is 0 Å². The van der Waals surface area contributed by atoms with E-state index in [9.17, 15) is 4.79 Å². The lowest BCUT2D eigenvalue weighted by Crippen LogP contribution is -2.12. The van der Waals surface area contributed by atoms with Gasteiger partial charge in [-0.15, -0.1) is 10.2 Å². The highest BCUT2D eigenvalue weighted by Gasteiger charge is 2.27. The van der Waals surface area contributed by atoms with Gasteiger partial charge in [0.2, 0.25) is 4.73 Å². The second kappa shape index (κ2) is 7.32. The maximum Gasteiger partial charge on any atom is 0.330 e. The molecule has 1 aromatic heterocycles. The molecule has 8 heteroatoms. The molecule has 0 saturated heterocycles. The average Bonchev–Trinajstić information content (AvgIpc) is 3.44. The van der Waals surface area contributed by atoms with Gasteiger partial charge in [-0.2, -0.15) is 0 Å². The van der Waals surface area contributed by atoms with E-state index >= 15 is 0 Å². The van der Waals surface area contributed by atoms with Crippen molar-refractivity contribution < 1.29 is 9.53 Å². The van der Waals surface area contributed by atoms with E-state index in [1.807, 2.05) is 10.6 Å². The smallest absolute Gasteiger partial charge is 0.330 e. The highest BCUT2D eigenvalue weighted by Crippen LogP contribution is 2.44. The van der Waals surface area contributed by atoms with Gasteiger partial charge in [0.1, 0.15) is 0 Å². The molecule has 1 atom stereocenters. The molecule has 134 valence electrons. The van der Waals surface area contributed by atoms with Crippen LogP contribution in [0.15, 0.2) is 46.3 Å². The molecule has 0 aliphatic heterocycles. The minimum absolute atomic E-state index is 0.366. The molecule has 1 fully saturated rings. The van der Waals surface area contributed by atoms with Crippen LogP contribution in [0, 0.1) is 0 Å². The molecule has 0 bridgehead atoms. The van der Waals surface area contributed by atoms with E-state index in [0.717, 1.165) is 11.1 Å². The van der Waals surface area contributed by atoms with E-state index in [4.69, 9.17) is 4.74 Å². The fourth-order valence-electron chi connectivity index (χ4n) is 3.02. The molecule has 0 amide bonds. The van der Waals surface area contributed by atoms with E-state index < -0.39 is 4.16 Å². The summed E-state index contributed by atoms with van der Waals surface area (Å²) in [6.45, 7) is 0. The molecule has 1 heterocycles. The van der Waals surface area contributed by atoms with Crippen molar-refractivity contribution in [2.24, 2.45) is 0 Å². The van der Waals surface area contributed by atoms with Gasteiger partial charge in [0.15, 0.2) is 9.32 Å². The third-order valence-corrected chi connectivity index (χ3v) is 6.70. The number of aromatic nitrogens is 3. The number of ether oxygens (including phenoxy) is 1. The van der Waals surface area contributed by atoms with Gasteiger partial charge in [0, 0.05) is 5.39 Å². The van der Waals surface area contributed by atoms with Gasteiger partial charge in [-0.3, -0.25) is 4.57 Å². The number of rotatable bonds is 5. The summed E-state index contributed by atoms with van der Waals surface area (Å²) in [5, 5.41) is 11.4. The Bertz CT molecular complexity index is 988. The zero-order valence-corrected chi connectivity index (χ0v) is 17.8. The number of alkyl halides is 1. The number of esters is 1. The Morgan fingerprint density at radius 2 is 1.96 bits per heavy atom. The summed E-state index contributed by atoms with van der Waals surface area (Å²) in [5.41, 5.74) is 2.38. The van der Waals surface area contributed by atoms with Crippen LogP contribution in [0.5, 0.6) is 0 Å². The topological polar surface area (TPSA) is 57.0 Å². The molecular weight excluding hydrogens is 482 g/mol. The van der Waals surface area contributed by atoms with Gasteiger partial charge >= 0.3 is 5.97 Å². The number of benzene rings is 2. The Balaban J connectivity index is 1.83. The highest BCUT2D eigenvalue weighted by molar-refractivity contribution is 9.11. The number of carbonyl (C=O) groups excluding carboxylic acids is 1. The van der Waals surface area contributed by atoms with Crippen LogP contribution in [-0.4, -0.2) is 32.0 Å². The molecule has 0 N–H and O–H groups in total. The Morgan fingerprint density at radius 3 is 2.65 bits per heavy atom. The Labute approximate surface area is 171 Å². The molecule has 1 aliphatic rings. The van der Waals surface area contributed by atoms with Gasteiger partial charge in [-0.1, -0.05) is 58.0 Å². The van der Waals surface area contributed by atoms with Crippen LogP contribution in [0.3, 0.4) is 0 Å². The Morgan fingerprint density at radius 1 is 1.23 bits per heavy atom. The van der Waals surface area contributed by atoms with Gasteiger partial charge < -0.3 is 4.74 Å². The molecule has 5 nitrogen and oxygen atoms in total. The Hall–Kier alpha value is -1.38. The quantitative estimate of drug-likeness (QED) is 0.281. The molecule has 4 rings (SSSR count). The average molecular weight is 497 g/mol. The molecule has 1 aliphatic carbocycles. The van der Waals surface area contributed by atoms with Crippen molar-refractivity contribution >= 4 is 60.4 Å². The molecule has 26 heavy (non-hydrogen) atoms. The highest BCUT2D eigenvalue weighted by atomic mass is 79.9. The molecule has 1 unspecified atom stereocenters. The number of hydrogen-bond donors (Lipinski definition) is 0. The lowest BCUT2D eigenvalue weighted by molar-refractivity contribution is -0.138.